The zero-order valence-corrected chi connectivity index (χ0v) is 19.9. The molecule has 9 heteroatoms. The highest BCUT2D eigenvalue weighted by molar-refractivity contribution is 6.30. The molecule has 1 aliphatic carbocycles. The molecule has 0 unspecified atom stereocenters. The smallest absolute Gasteiger partial charge is 0.329 e. The summed E-state index contributed by atoms with van der Waals surface area (Å²) in [6, 6.07) is 0.00913. The topological polar surface area (TPSA) is 103 Å². The van der Waals surface area contributed by atoms with Gasteiger partial charge in [-0.2, -0.15) is 0 Å². The molecule has 1 aromatic rings. The third-order valence-electron chi connectivity index (χ3n) is 6.72. The maximum Gasteiger partial charge on any atom is 0.329 e. The summed E-state index contributed by atoms with van der Waals surface area (Å²) in [6.45, 7) is 7.39. The average molecular weight is 466 g/mol. The summed E-state index contributed by atoms with van der Waals surface area (Å²) >= 11 is 6.39. The van der Waals surface area contributed by atoms with Gasteiger partial charge in [0.05, 0.1) is 12.5 Å². The van der Waals surface area contributed by atoms with Crippen LogP contribution in [0.2, 0.25) is 5.15 Å². The van der Waals surface area contributed by atoms with Crippen LogP contribution < -0.4 is 0 Å². The van der Waals surface area contributed by atoms with E-state index in [9.17, 15) is 19.7 Å². The predicted molar refractivity (Wildman–Crippen MR) is 120 cm³/mol. The fraction of sp³-hybridized carbons (Fsp3) is 0.696. The van der Waals surface area contributed by atoms with Crippen molar-refractivity contribution in [2.75, 3.05) is 6.61 Å². The van der Waals surface area contributed by atoms with Crippen LogP contribution in [0.15, 0.2) is 18.3 Å². The SMILES string of the molecule is CCOC(=O)[C@@H]1[C@@H](C(C)(C)C)[C@H]([N+](=O)[O-])[C@H](c2cccnc2Cl)N1C(=O)C1CCCCC1. The molecule has 4 atom stereocenters. The molecule has 0 N–H and O–H groups in total. The zero-order valence-electron chi connectivity index (χ0n) is 19.1. The minimum absolute atomic E-state index is 0.1000. The highest BCUT2D eigenvalue weighted by atomic mass is 35.5. The van der Waals surface area contributed by atoms with Crippen molar-refractivity contribution >= 4 is 23.5 Å². The van der Waals surface area contributed by atoms with E-state index in [1.807, 2.05) is 20.8 Å². The normalized spacial score (nSPS) is 26.7. The van der Waals surface area contributed by atoms with Gasteiger partial charge in [0.15, 0.2) is 0 Å². The summed E-state index contributed by atoms with van der Waals surface area (Å²) in [5, 5.41) is 12.6. The molecule has 2 aliphatic rings. The Bertz CT molecular complexity index is 865. The number of pyridine rings is 1. The van der Waals surface area contributed by atoms with Crippen molar-refractivity contribution in [3.63, 3.8) is 0 Å². The number of aromatic nitrogens is 1. The molecule has 32 heavy (non-hydrogen) atoms. The van der Waals surface area contributed by atoms with E-state index in [1.165, 1.54) is 11.1 Å². The third kappa shape index (κ3) is 4.60. The predicted octanol–water partition coefficient (Wildman–Crippen LogP) is 4.44. The molecule has 0 spiro atoms. The second-order valence-electron chi connectivity index (χ2n) is 9.77. The third-order valence-corrected chi connectivity index (χ3v) is 7.03. The largest absolute Gasteiger partial charge is 0.464 e. The molecule has 2 fully saturated rings. The van der Waals surface area contributed by atoms with Crippen LogP contribution in [0.1, 0.15) is 71.4 Å². The van der Waals surface area contributed by atoms with E-state index in [4.69, 9.17) is 16.3 Å². The van der Waals surface area contributed by atoms with Gasteiger partial charge in [-0.25, -0.2) is 9.78 Å². The van der Waals surface area contributed by atoms with E-state index in [2.05, 4.69) is 4.98 Å². The fourth-order valence-electron chi connectivity index (χ4n) is 5.40. The van der Waals surface area contributed by atoms with Crippen molar-refractivity contribution in [1.29, 1.82) is 0 Å². The number of hydrogen-bond acceptors (Lipinski definition) is 6. The van der Waals surface area contributed by atoms with Gasteiger partial charge in [0.25, 0.3) is 0 Å². The number of nitro groups is 1. The van der Waals surface area contributed by atoms with E-state index in [0.29, 0.717) is 18.4 Å². The van der Waals surface area contributed by atoms with Crippen LogP contribution in [0.4, 0.5) is 0 Å². The standard InChI is InChI=1S/C23H32ClN3O5/c1-5-32-22(29)19-16(23(2,3)4)18(27(30)31)17(15-12-9-13-25-20(15)24)26(19)21(28)14-10-7-6-8-11-14/h9,12-14,16-19H,5-8,10-11H2,1-4H3/t16-,17-,18-,19-/m0/s1. The van der Waals surface area contributed by atoms with Gasteiger partial charge in [-0.3, -0.25) is 14.9 Å². The monoisotopic (exact) mass is 465 g/mol. The van der Waals surface area contributed by atoms with Crippen molar-refractivity contribution in [3.8, 4) is 0 Å². The van der Waals surface area contributed by atoms with Crippen molar-refractivity contribution < 1.29 is 19.2 Å². The molecular formula is C23H32ClN3O5. The molecule has 1 amide bonds. The molecule has 176 valence electrons. The van der Waals surface area contributed by atoms with E-state index >= 15 is 0 Å². The van der Waals surface area contributed by atoms with Crippen molar-refractivity contribution in [3.05, 3.63) is 39.2 Å². The number of hydrogen-bond donors (Lipinski definition) is 0. The van der Waals surface area contributed by atoms with Crippen LogP contribution in [-0.4, -0.2) is 45.4 Å². The average Bonchev–Trinajstić information content (AvgIpc) is 3.11. The number of amides is 1. The van der Waals surface area contributed by atoms with Gasteiger partial charge >= 0.3 is 5.97 Å². The summed E-state index contributed by atoms with van der Waals surface area (Å²) in [6.07, 6.45) is 5.83. The second kappa shape index (κ2) is 9.73. The van der Waals surface area contributed by atoms with Gasteiger partial charge in [0.2, 0.25) is 11.9 Å². The molecule has 1 saturated heterocycles. The lowest BCUT2D eigenvalue weighted by molar-refractivity contribution is -0.536. The lowest BCUT2D eigenvalue weighted by atomic mass is 9.73. The number of carbonyl (C=O) groups is 2. The Morgan fingerprint density at radius 1 is 1.28 bits per heavy atom. The van der Waals surface area contributed by atoms with Gasteiger partial charge in [0.1, 0.15) is 17.2 Å². The lowest BCUT2D eigenvalue weighted by Gasteiger charge is -2.35. The summed E-state index contributed by atoms with van der Waals surface area (Å²) in [5.41, 5.74) is -0.259. The number of rotatable bonds is 5. The summed E-state index contributed by atoms with van der Waals surface area (Å²) in [4.78, 5) is 44.8. The first-order valence-corrected chi connectivity index (χ1v) is 11.7. The summed E-state index contributed by atoms with van der Waals surface area (Å²) < 4.78 is 5.36. The minimum Gasteiger partial charge on any atom is -0.464 e. The van der Waals surface area contributed by atoms with Gasteiger partial charge in [-0.05, 0) is 31.2 Å². The van der Waals surface area contributed by atoms with Gasteiger partial charge < -0.3 is 9.64 Å². The van der Waals surface area contributed by atoms with Gasteiger partial charge in [0, 0.05) is 22.6 Å². The van der Waals surface area contributed by atoms with E-state index in [1.54, 1.807) is 19.1 Å². The summed E-state index contributed by atoms with van der Waals surface area (Å²) in [7, 11) is 0. The Balaban J connectivity index is 2.23. The van der Waals surface area contributed by atoms with Crippen LogP contribution >= 0.6 is 11.6 Å². The van der Waals surface area contributed by atoms with Crippen LogP contribution in [0, 0.1) is 27.4 Å². The number of carbonyl (C=O) groups excluding carboxylic acids is 2. The summed E-state index contributed by atoms with van der Waals surface area (Å²) in [5.74, 6) is -1.87. The molecule has 8 nitrogen and oxygen atoms in total. The number of halogens is 1. The quantitative estimate of drug-likeness (QED) is 0.275. The minimum atomic E-state index is -1.22. The van der Waals surface area contributed by atoms with E-state index in [-0.39, 0.29) is 28.5 Å². The maximum absolute atomic E-state index is 13.9. The number of likely N-dealkylation sites (tertiary alicyclic amines) is 1. The van der Waals surface area contributed by atoms with Crippen LogP contribution in [-0.2, 0) is 14.3 Å². The first-order chi connectivity index (χ1) is 15.1. The maximum atomic E-state index is 13.9. The molecule has 1 saturated carbocycles. The fourth-order valence-corrected chi connectivity index (χ4v) is 5.63. The molecule has 2 heterocycles. The Morgan fingerprint density at radius 2 is 1.94 bits per heavy atom. The molecule has 1 aromatic heterocycles. The Hall–Kier alpha value is -2.22. The highest BCUT2D eigenvalue weighted by Crippen LogP contribution is 2.51. The van der Waals surface area contributed by atoms with Gasteiger partial charge in [-0.15, -0.1) is 0 Å². The second-order valence-corrected chi connectivity index (χ2v) is 10.1. The Labute approximate surface area is 193 Å². The van der Waals surface area contributed by atoms with Gasteiger partial charge in [-0.1, -0.05) is 57.7 Å². The zero-order chi connectivity index (χ0) is 23.6. The first kappa shape index (κ1) is 24.4. The lowest BCUT2D eigenvalue weighted by Crippen LogP contribution is -2.50. The van der Waals surface area contributed by atoms with Crippen LogP contribution in [0.5, 0.6) is 0 Å². The van der Waals surface area contributed by atoms with Crippen molar-refractivity contribution in [1.82, 2.24) is 9.88 Å². The molecule has 1 aliphatic heterocycles. The first-order valence-electron chi connectivity index (χ1n) is 11.3. The molecule has 0 radical (unpaired) electrons. The van der Waals surface area contributed by atoms with Crippen LogP contribution in [0.3, 0.4) is 0 Å². The van der Waals surface area contributed by atoms with E-state index in [0.717, 1.165) is 19.3 Å². The highest BCUT2D eigenvalue weighted by Gasteiger charge is 2.64. The Kier molecular flexibility index (Phi) is 7.43. The Morgan fingerprint density at radius 3 is 2.47 bits per heavy atom. The van der Waals surface area contributed by atoms with Crippen LogP contribution in [0.25, 0.3) is 0 Å². The molecule has 0 aromatic carbocycles. The van der Waals surface area contributed by atoms with Crippen molar-refractivity contribution in [2.24, 2.45) is 17.3 Å². The number of ether oxygens (including phenoxy) is 1. The number of esters is 1. The molecule has 3 rings (SSSR count). The van der Waals surface area contributed by atoms with E-state index < -0.39 is 35.4 Å². The molecule has 0 bridgehead atoms. The van der Waals surface area contributed by atoms with Crippen molar-refractivity contribution in [2.45, 2.75) is 77.9 Å². The molecular weight excluding hydrogens is 434 g/mol. The number of nitrogens with zero attached hydrogens (tertiary/aromatic N) is 3.